The summed E-state index contributed by atoms with van der Waals surface area (Å²) in [5.74, 6) is 0. The molecule has 0 saturated heterocycles. The Morgan fingerprint density at radius 3 is 2.88 bits per heavy atom. The molecule has 0 aliphatic carbocycles. The number of aryl methyl sites for hydroxylation is 1. The molecule has 0 spiro atoms. The molecular formula is C12H15BrN2OS. The molecule has 0 unspecified atom stereocenters. The molecule has 0 aliphatic rings. The third kappa shape index (κ3) is 3.04. The molecule has 1 N–H and O–H groups in total. The average Bonchev–Trinajstić information content (AvgIpc) is 2.65. The van der Waals surface area contributed by atoms with Crippen molar-refractivity contribution in [1.82, 2.24) is 0 Å². The highest BCUT2D eigenvalue weighted by molar-refractivity contribution is 7.19. The number of para-hydroxylation sites is 1. The molecule has 0 aliphatic heterocycles. The van der Waals surface area contributed by atoms with Crippen LogP contribution in [0.3, 0.4) is 0 Å². The molecular weight excluding hydrogens is 300 g/mol. The van der Waals surface area contributed by atoms with Crippen LogP contribution in [0.25, 0.3) is 10.2 Å². The molecule has 2 aromatic rings. The number of fused-ring (bicyclic) bond motifs is 1. The summed E-state index contributed by atoms with van der Waals surface area (Å²) in [7, 11) is 0. The molecule has 0 bridgehead atoms. The molecule has 0 fully saturated rings. The fourth-order valence-electron chi connectivity index (χ4n) is 1.75. The van der Waals surface area contributed by atoms with E-state index in [2.05, 4.69) is 28.8 Å². The third-order valence-corrected chi connectivity index (χ3v) is 3.64. The molecule has 0 atom stereocenters. The number of unbranched alkanes of at least 4 members (excludes halogenated alkanes) is 1. The summed E-state index contributed by atoms with van der Waals surface area (Å²) >= 11 is 1.65. The van der Waals surface area contributed by atoms with Gasteiger partial charge in [-0.25, -0.2) is 0 Å². The minimum Gasteiger partial charge on any atom is -1.00 e. The average molecular weight is 315 g/mol. The Labute approximate surface area is 115 Å². The van der Waals surface area contributed by atoms with Gasteiger partial charge in [-0.2, -0.15) is 4.57 Å². The van der Waals surface area contributed by atoms with Gasteiger partial charge in [-0.05, 0) is 6.07 Å². The van der Waals surface area contributed by atoms with Crippen LogP contribution in [0.5, 0.6) is 0 Å². The van der Waals surface area contributed by atoms with E-state index in [1.54, 1.807) is 11.3 Å². The normalized spacial score (nSPS) is 10.9. The van der Waals surface area contributed by atoms with Crippen LogP contribution in [0.15, 0.2) is 29.4 Å². The highest BCUT2D eigenvalue weighted by Gasteiger charge is 2.17. The summed E-state index contributed by atoms with van der Waals surface area (Å²) in [6.45, 7) is 3.15. The molecule has 1 aromatic heterocycles. The zero-order valence-electron chi connectivity index (χ0n) is 9.64. The van der Waals surface area contributed by atoms with Crippen LogP contribution in [-0.2, 0) is 6.54 Å². The van der Waals surface area contributed by atoms with E-state index in [1.807, 2.05) is 12.1 Å². The van der Waals surface area contributed by atoms with Crippen LogP contribution >= 0.6 is 11.3 Å². The number of halogens is 1. The van der Waals surface area contributed by atoms with Crippen molar-refractivity contribution in [3.8, 4) is 0 Å². The van der Waals surface area contributed by atoms with Gasteiger partial charge in [0.15, 0.2) is 6.54 Å². The molecule has 0 amide bonds. The second kappa shape index (κ2) is 6.71. The van der Waals surface area contributed by atoms with Gasteiger partial charge >= 0.3 is 0 Å². The van der Waals surface area contributed by atoms with Crippen molar-refractivity contribution in [2.24, 2.45) is 5.16 Å². The number of thiazole rings is 1. The number of nitrogens with zero attached hydrogens (tertiary/aromatic N) is 2. The highest BCUT2D eigenvalue weighted by atomic mass is 79.9. The summed E-state index contributed by atoms with van der Waals surface area (Å²) < 4.78 is 3.44. The van der Waals surface area contributed by atoms with Crippen molar-refractivity contribution in [1.29, 1.82) is 0 Å². The summed E-state index contributed by atoms with van der Waals surface area (Å²) in [5, 5.41) is 12.8. The van der Waals surface area contributed by atoms with E-state index >= 15 is 0 Å². The summed E-state index contributed by atoms with van der Waals surface area (Å²) in [6.07, 6.45) is 3.81. The lowest BCUT2D eigenvalue weighted by Gasteiger charge is -1.94. The lowest BCUT2D eigenvalue weighted by molar-refractivity contribution is -0.668. The van der Waals surface area contributed by atoms with Crippen LogP contribution in [-0.4, -0.2) is 11.4 Å². The van der Waals surface area contributed by atoms with Gasteiger partial charge in [-0.3, -0.25) is 0 Å². The first-order valence-electron chi connectivity index (χ1n) is 5.45. The maximum absolute atomic E-state index is 8.66. The van der Waals surface area contributed by atoms with Crippen LogP contribution < -0.4 is 21.5 Å². The lowest BCUT2D eigenvalue weighted by Crippen LogP contribution is -3.00. The fourth-order valence-corrected chi connectivity index (χ4v) is 2.80. The van der Waals surface area contributed by atoms with Gasteiger partial charge in [0.2, 0.25) is 5.52 Å². The van der Waals surface area contributed by atoms with Gasteiger partial charge in [0.25, 0.3) is 5.01 Å². The first-order chi connectivity index (χ1) is 7.86. The molecule has 17 heavy (non-hydrogen) atoms. The van der Waals surface area contributed by atoms with Crippen molar-refractivity contribution < 1.29 is 26.8 Å². The van der Waals surface area contributed by atoms with Crippen LogP contribution in [0.1, 0.15) is 24.8 Å². The second-order valence-corrected chi connectivity index (χ2v) is 4.72. The summed E-state index contributed by atoms with van der Waals surface area (Å²) in [5.41, 5.74) is 1.22. The van der Waals surface area contributed by atoms with Crippen molar-refractivity contribution in [2.45, 2.75) is 26.3 Å². The lowest BCUT2D eigenvalue weighted by atomic mass is 10.3. The van der Waals surface area contributed by atoms with E-state index in [4.69, 9.17) is 5.21 Å². The Balaban J connectivity index is 0.00000144. The van der Waals surface area contributed by atoms with Crippen molar-refractivity contribution in [3.05, 3.63) is 29.3 Å². The minimum atomic E-state index is 0. The van der Waals surface area contributed by atoms with Gasteiger partial charge in [-0.15, -0.1) is 0 Å². The Morgan fingerprint density at radius 1 is 1.41 bits per heavy atom. The Kier molecular flexibility index (Phi) is 5.58. The maximum Gasteiger partial charge on any atom is 0.284 e. The Hall–Kier alpha value is -0.940. The number of rotatable bonds is 4. The summed E-state index contributed by atoms with van der Waals surface area (Å²) in [4.78, 5) is 0. The van der Waals surface area contributed by atoms with Gasteiger partial charge in [-0.1, -0.05) is 42.0 Å². The molecule has 3 nitrogen and oxygen atoms in total. The van der Waals surface area contributed by atoms with Crippen molar-refractivity contribution >= 4 is 27.8 Å². The predicted octanol–water partition coefficient (Wildman–Crippen LogP) is -0.199. The maximum atomic E-state index is 8.66. The first-order valence-corrected chi connectivity index (χ1v) is 6.27. The molecule has 0 saturated carbocycles. The number of hydrogen-bond donors (Lipinski definition) is 1. The molecule has 1 heterocycles. The molecule has 5 heteroatoms. The zero-order valence-corrected chi connectivity index (χ0v) is 12.0. The van der Waals surface area contributed by atoms with E-state index in [0.717, 1.165) is 24.4 Å². The van der Waals surface area contributed by atoms with Gasteiger partial charge in [0.1, 0.15) is 10.9 Å². The van der Waals surface area contributed by atoms with Crippen molar-refractivity contribution in [3.63, 3.8) is 0 Å². The number of oxime groups is 1. The largest absolute Gasteiger partial charge is 1.00 e. The smallest absolute Gasteiger partial charge is 0.284 e. The van der Waals surface area contributed by atoms with Crippen LogP contribution in [0.2, 0.25) is 0 Å². The quantitative estimate of drug-likeness (QED) is 0.361. The SMILES string of the molecule is CCCC[n+]1c(C=NO)sc2ccccc21.[Br-]. The summed E-state index contributed by atoms with van der Waals surface area (Å²) in [6, 6.07) is 8.27. The van der Waals surface area contributed by atoms with E-state index in [9.17, 15) is 0 Å². The molecule has 0 radical (unpaired) electrons. The number of benzene rings is 1. The van der Waals surface area contributed by atoms with E-state index in [-0.39, 0.29) is 17.0 Å². The standard InChI is InChI=1S/C12H14N2OS.BrH/c1-2-3-8-14-10-6-4-5-7-11(10)16-12(14)9-13-15;/h4-7,9H,2-3,8H2,1H3;1H. The van der Waals surface area contributed by atoms with Crippen LogP contribution in [0.4, 0.5) is 0 Å². The van der Waals surface area contributed by atoms with E-state index in [0.29, 0.717) is 0 Å². The topological polar surface area (TPSA) is 36.5 Å². The monoisotopic (exact) mass is 314 g/mol. The number of aromatic nitrogens is 1. The van der Waals surface area contributed by atoms with Gasteiger partial charge in [0, 0.05) is 12.5 Å². The van der Waals surface area contributed by atoms with E-state index < -0.39 is 0 Å². The Bertz CT molecular complexity index is 510. The third-order valence-electron chi connectivity index (χ3n) is 2.54. The molecule has 92 valence electrons. The van der Waals surface area contributed by atoms with Crippen molar-refractivity contribution in [2.75, 3.05) is 0 Å². The predicted molar refractivity (Wildman–Crippen MR) is 66.3 cm³/mol. The first kappa shape index (κ1) is 14.1. The highest BCUT2D eigenvalue weighted by Crippen LogP contribution is 2.19. The number of hydrogen-bond acceptors (Lipinski definition) is 3. The molecule has 2 rings (SSSR count). The van der Waals surface area contributed by atoms with Gasteiger partial charge < -0.3 is 22.2 Å². The van der Waals surface area contributed by atoms with Crippen LogP contribution in [0, 0.1) is 0 Å². The van der Waals surface area contributed by atoms with E-state index in [1.165, 1.54) is 16.4 Å². The zero-order chi connectivity index (χ0) is 11.4. The Morgan fingerprint density at radius 2 is 2.18 bits per heavy atom. The molecule has 1 aromatic carbocycles. The minimum absolute atomic E-state index is 0. The fraction of sp³-hybridized carbons (Fsp3) is 0.333. The van der Waals surface area contributed by atoms with Gasteiger partial charge in [0.05, 0.1) is 0 Å². The second-order valence-electron chi connectivity index (χ2n) is 3.66.